The van der Waals surface area contributed by atoms with Crippen LogP contribution in [0.3, 0.4) is 0 Å². The predicted molar refractivity (Wildman–Crippen MR) is 190 cm³/mol. The lowest BCUT2D eigenvalue weighted by Crippen LogP contribution is -2.43. The number of fused-ring (bicyclic) bond motifs is 3. The second-order valence-corrected chi connectivity index (χ2v) is 16.2. The Labute approximate surface area is 293 Å². The van der Waals surface area contributed by atoms with Crippen molar-refractivity contribution in [1.82, 2.24) is 14.5 Å². The number of hydrogen-bond acceptors (Lipinski definition) is 8. The smallest absolute Gasteiger partial charge is 0.286 e. The number of ether oxygens (including phenoxy) is 2. The van der Waals surface area contributed by atoms with E-state index in [2.05, 4.69) is 25.1 Å². The van der Waals surface area contributed by atoms with Crippen molar-refractivity contribution >= 4 is 39.0 Å². The zero-order chi connectivity index (χ0) is 34.7. The van der Waals surface area contributed by atoms with E-state index in [1.807, 2.05) is 19.1 Å². The zero-order valence-electron chi connectivity index (χ0n) is 28.4. The number of nitrogens with one attached hydrogen (secondary N) is 1. The molecule has 2 amide bonds. The van der Waals surface area contributed by atoms with Crippen LogP contribution in [0.15, 0.2) is 47.0 Å². The van der Waals surface area contributed by atoms with Gasteiger partial charge < -0.3 is 19.5 Å². The minimum absolute atomic E-state index is 0.0330. The molecule has 0 radical (unpaired) electrons. The summed E-state index contributed by atoms with van der Waals surface area (Å²) in [6.07, 6.45) is 7.64. The first-order valence-corrected chi connectivity index (χ1v) is 19.2. The van der Waals surface area contributed by atoms with Crippen LogP contribution in [0.2, 0.25) is 5.02 Å². The number of aliphatic hydroxyl groups is 1. The van der Waals surface area contributed by atoms with Crippen molar-refractivity contribution in [1.29, 1.82) is 0 Å². The van der Waals surface area contributed by atoms with Crippen molar-refractivity contribution in [3.63, 3.8) is 0 Å². The van der Waals surface area contributed by atoms with Crippen molar-refractivity contribution in [3.05, 3.63) is 69.9 Å². The number of methoxy groups -OCH3 is 1. The van der Waals surface area contributed by atoms with Gasteiger partial charge in [0.15, 0.2) is 0 Å². The Morgan fingerprint density at radius 1 is 1.10 bits per heavy atom. The molecule has 2 bridgehead atoms. The van der Waals surface area contributed by atoms with Crippen LogP contribution in [0.1, 0.15) is 83.7 Å². The van der Waals surface area contributed by atoms with Crippen molar-refractivity contribution in [2.24, 2.45) is 29.2 Å². The lowest BCUT2D eigenvalue weighted by molar-refractivity contribution is 0.00889. The van der Waals surface area contributed by atoms with Crippen molar-refractivity contribution in [2.75, 3.05) is 30.9 Å². The number of carbonyl (C=O) groups excluding carboxylic acids is 2. The Kier molecular flexibility index (Phi) is 10.9. The molecule has 1 aliphatic carbocycles. The van der Waals surface area contributed by atoms with Gasteiger partial charge in [0.2, 0.25) is 5.88 Å². The van der Waals surface area contributed by atoms with Gasteiger partial charge in [-0.05, 0) is 104 Å². The second-order valence-electron chi connectivity index (χ2n) is 13.7. The van der Waals surface area contributed by atoms with Gasteiger partial charge in [-0.25, -0.2) is 4.21 Å². The lowest BCUT2D eigenvalue weighted by Gasteiger charge is -2.43. The number of nitrogens with zero attached hydrogens (tertiary/aromatic N) is 4. The summed E-state index contributed by atoms with van der Waals surface area (Å²) in [6.45, 7) is 3.67. The number of amides is 2. The molecule has 1 saturated carbocycles. The van der Waals surface area contributed by atoms with Crippen LogP contribution >= 0.6 is 11.6 Å². The maximum absolute atomic E-state index is 14.5. The molecular weight excluding hydrogens is 666 g/mol. The third-order valence-electron chi connectivity index (χ3n) is 10.0. The van der Waals surface area contributed by atoms with Gasteiger partial charge in [0, 0.05) is 36.9 Å². The van der Waals surface area contributed by atoms with Crippen LogP contribution in [0.5, 0.6) is 11.6 Å². The van der Waals surface area contributed by atoms with E-state index < -0.39 is 27.8 Å². The molecule has 3 heterocycles. The summed E-state index contributed by atoms with van der Waals surface area (Å²) >= 11 is 6.44. The minimum Gasteiger partial charge on any atom is -0.491 e. The molecular formula is C36H46ClN5O6S. The summed E-state index contributed by atoms with van der Waals surface area (Å²) in [4.78, 5) is 29.6. The summed E-state index contributed by atoms with van der Waals surface area (Å²) in [7, 11) is -0.550. The molecule has 3 aliphatic rings. The lowest BCUT2D eigenvalue weighted by atomic mass is 9.69. The number of aromatic nitrogens is 2. The third-order valence-corrected chi connectivity index (χ3v) is 12.2. The Balaban J connectivity index is 1.43. The van der Waals surface area contributed by atoms with Crippen LogP contribution in [0.25, 0.3) is 0 Å². The summed E-state index contributed by atoms with van der Waals surface area (Å²) in [5.74, 6) is -0.408. The van der Waals surface area contributed by atoms with Gasteiger partial charge in [-0.2, -0.15) is 0 Å². The first kappa shape index (κ1) is 35.2. The monoisotopic (exact) mass is 711 g/mol. The van der Waals surface area contributed by atoms with Gasteiger partial charge in [-0.15, -0.1) is 9.46 Å². The minimum atomic E-state index is -3.59. The first-order chi connectivity index (χ1) is 23.5. The summed E-state index contributed by atoms with van der Waals surface area (Å²) in [5.41, 5.74) is 3.40. The molecule has 11 nitrogen and oxygen atoms in total. The fraction of sp³-hybridized carbons (Fsp3) is 0.528. The van der Waals surface area contributed by atoms with E-state index in [9.17, 15) is 18.9 Å². The SMILES string of the molecule is COc1nn(C)cc1C(=O)N[S@@]1(=O)=NC(=O)c2ccc3c(c2)N(Cc2ccc(Cl)cc2CCCCO3)C[C@@H]2CC[C@H]2[C@@H](O)CCC[C@H](C)C1. The summed E-state index contributed by atoms with van der Waals surface area (Å²) < 4.78 is 34.3. The summed E-state index contributed by atoms with van der Waals surface area (Å²) in [6, 6.07) is 11.2. The van der Waals surface area contributed by atoms with E-state index in [1.54, 1.807) is 25.2 Å². The van der Waals surface area contributed by atoms with Crippen LogP contribution in [-0.4, -0.2) is 63.0 Å². The van der Waals surface area contributed by atoms with Gasteiger partial charge >= 0.3 is 0 Å². The van der Waals surface area contributed by atoms with Crippen LogP contribution < -0.4 is 19.1 Å². The van der Waals surface area contributed by atoms with E-state index in [-0.39, 0.29) is 40.5 Å². The molecule has 2 aliphatic heterocycles. The molecule has 1 aromatic heterocycles. The highest BCUT2D eigenvalue weighted by atomic mass is 35.5. The van der Waals surface area contributed by atoms with Crippen LogP contribution in [0.4, 0.5) is 5.69 Å². The van der Waals surface area contributed by atoms with Gasteiger partial charge in [0.1, 0.15) is 21.2 Å². The van der Waals surface area contributed by atoms with E-state index >= 15 is 0 Å². The van der Waals surface area contributed by atoms with E-state index in [1.165, 1.54) is 23.6 Å². The van der Waals surface area contributed by atoms with Crippen LogP contribution in [-0.2, 0) is 29.9 Å². The molecule has 49 heavy (non-hydrogen) atoms. The van der Waals surface area contributed by atoms with Gasteiger partial charge in [-0.3, -0.25) is 19.0 Å². The highest BCUT2D eigenvalue weighted by Gasteiger charge is 2.38. The van der Waals surface area contributed by atoms with Gasteiger partial charge in [0.05, 0.1) is 31.3 Å². The number of benzene rings is 2. The van der Waals surface area contributed by atoms with Crippen molar-refractivity contribution in [3.8, 4) is 11.6 Å². The zero-order valence-corrected chi connectivity index (χ0v) is 30.0. The second kappa shape index (κ2) is 15.1. The molecule has 1 fully saturated rings. The standard InChI is InChI=1S/C36H46ClN5O6S/c1-23-7-6-9-32(43)29-14-11-27(29)20-42-19-26-10-13-28(37)17-24(26)8-4-5-16-48-33-15-12-25(18-31(33)42)34(44)39-49(46,22-23)40-35(45)30-21-41(2)38-36(30)47-3/h10,12-13,15,17-18,21,23,27,29,32,43H,4-9,11,14,16,19-20,22H2,1-3H3,(H,39,40,44,45,46)/t23-,27-,29+,32-,49-/m0/s1. The normalized spacial score (nSPS) is 26.5. The molecule has 0 saturated heterocycles. The van der Waals surface area contributed by atoms with Crippen molar-refractivity contribution < 1.29 is 28.4 Å². The molecule has 0 spiro atoms. The Morgan fingerprint density at radius 3 is 2.71 bits per heavy atom. The molecule has 13 heteroatoms. The maximum Gasteiger partial charge on any atom is 0.286 e. The average molecular weight is 712 g/mol. The predicted octanol–water partition coefficient (Wildman–Crippen LogP) is 5.96. The number of halogens is 1. The highest BCUT2D eigenvalue weighted by molar-refractivity contribution is 7.92. The quantitative estimate of drug-likeness (QED) is 0.340. The average Bonchev–Trinajstić information content (AvgIpc) is 3.42. The molecule has 6 rings (SSSR count). The topological polar surface area (TPSA) is 135 Å². The molecule has 5 atom stereocenters. The molecule has 0 unspecified atom stereocenters. The fourth-order valence-electron chi connectivity index (χ4n) is 7.29. The maximum atomic E-state index is 14.5. The van der Waals surface area contributed by atoms with E-state index in [4.69, 9.17) is 21.1 Å². The molecule has 2 N–H and O–H groups in total. The number of rotatable bonds is 3. The Hall–Kier alpha value is -3.61. The molecule has 2 aromatic carbocycles. The number of carbonyl (C=O) groups is 2. The number of aliphatic hydroxyl groups excluding tert-OH is 1. The number of hydrogen-bond donors (Lipinski definition) is 2. The first-order valence-electron chi connectivity index (χ1n) is 17.2. The van der Waals surface area contributed by atoms with E-state index in [0.717, 1.165) is 43.4 Å². The molecule has 3 aromatic rings. The number of anilines is 1. The number of aryl methyl sites for hydroxylation is 2. The highest BCUT2D eigenvalue weighted by Crippen LogP contribution is 2.42. The Morgan fingerprint density at radius 2 is 1.94 bits per heavy atom. The fourth-order valence-corrected chi connectivity index (χ4v) is 9.40. The largest absolute Gasteiger partial charge is 0.491 e. The van der Waals surface area contributed by atoms with Crippen LogP contribution in [0, 0.1) is 17.8 Å². The van der Waals surface area contributed by atoms with E-state index in [0.29, 0.717) is 49.7 Å². The summed E-state index contributed by atoms with van der Waals surface area (Å²) in [5, 5.41) is 16.2. The van der Waals surface area contributed by atoms with Gasteiger partial charge in [0.25, 0.3) is 11.8 Å². The molecule has 264 valence electrons. The van der Waals surface area contributed by atoms with Gasteiger partial charge in [-0.1, -0.05) is 31.0 Å². The Bertz CT molecular complexity index is 1820. The van der Waals surface area contributed by atoms with Crippen molar-refractivity contribution in [2.45, 2.75) is 70.9 Å². The third kappa shape index (κ3) is 8.24.